The van der Waals surface area contributed by atoms with Crippen molar-refractivity contribution in [2.24, 2.45) is 0 Å². The number of aliphatic hydroxyl groups is 3. The van der Waals surface area contributed by atoms with E-state index in [4.69, 9.17) is 44.7 Å². The number of aliphatic hydroxyl groups excluding tert-OH is 3. The maximum atomic E-state index is 10.1. The maximum absolute atomic E-state index is 10.1. The summed E-state index contributed by atoms with van der Waals surface area (Å²) in [4.78, 5) is 57.4. The van der Waals surface area contributed by atoms with Gasteiger partial charge in [-0.1, -0.05) is 0 Å². The van der Waals surface area contributed by atoms with Crippen LogP contribution >= 0.6 is 23.5 Å². The molecule has 0 aliphatic rings. The number of aldehydes is 1. The first-order valence-electron chi connectivity index (χ1n) is 5.00. The number of hydrogen-bond donors (Lipinski definition) is 9. The van der Waals surface area contributed by atoms with Crippen molar-refractivity contribution in [2.45, 2.75) is 18.3 Å². The first kappa shape index (κ1) is 25.2. The SMILES string of the molecule is O=CC(O)C(O)C(O)COP(=O)(O)O.O=P(O)(O)OP(=O)(O)O. The molecule has 9 N–H and O–H groups in total. The topological polar surface area (TPSA) is 269 Å². The second kappa shape index (κ2) is 10.0. The number of phosphoric ester groups is 1. The van der Waals surface area contributed by atoms with Gasteiger partial charge in [0.25, 0.3) is 0 Å². The first-order valence-corrected chi connectivity index (χ1v) is 9.59. The lowest BCUT2D eigenvalue weighted by Gasteiger charge is -2.19. The maximum Gasteiger partial charge on any atom is 0.478 e. The van der Waals surface area contributed by atoms with Crippen LogP contribution in [0.5, 0.6) is 0 Å². The minimum absolute atomic E-state index is 0.0225. The summed E-state index contributed by atoms with van der Waals surface area (Å²) >= 11 is 0. The van der Waals surface area contributed by atoms with Crippen LogP contribution in [0.1, 0.15) is 0 Å². The van der Waals surface area contributed by atoms with Gasteiger partial charge >= 0.3 is 23.5 Å². The minimum atomic E-state index is -5.05. The molecule has 140 valence electrons. The van der Waals surface area contributed by atoms with Gasteiger partial charge in [0, 0.05) is 0 Å². The highest BCUT2D eigenvalue weighted by atomic mass is 31.3. The molecule has 23 heavy (non-hydrogen) atoms. The molecule has 0 saturated carbocycles. The molecule has 0 rings (SSSR count). The normalized spacial score (nSPS) is 16.7. The van der Waals surface area contributed by atoms with Crippen molar-refractivity contribution in [3.8, 4) is 0 Å². The fourth-order valence-electron chi connectivity index (χ4n) is 0.719. The Morgan fingerprint density at radius 3 is 1.43 bits per heavy atom. The molecule has 0 radical (unpaired) electrons. The molecule has 18 heteroatoms. The molecule has 0 aromatic heterocycles. The van der Waals surface area contributed by atoms with E-state index in [2.05, 4.69) is 8.83 Å². The van der Waals surface area contributed by atoms with Gasteiger partial charge < -0.3 is 49.5 Å². The third-order valence-electron chi connectivity index (χ3n) is 1.51. The number of phosphoric acid groups is 3. The average molecular weight is 408 g/mol. The zero-order valence-electron chi connectivity index (χ0n) is 10.8. The van der Waals surface area contributed by atoms with Crippen LogP contribution in [-0.2, 0) is 27.3 Å². The summed E-state index contributed by atoms with van der Waals surface area (Å²) in [6, 6.07) is 0. The standard InChI is InChI=1S/C5H11O8P.H4O7P2/c6-1-3(7)5(9)4(8)2-13-14(10,11)12;1-8(2,3)7-9(4,5)6/h1,3-5,7-9H,2H2,(H2,10,11,12);(H2,1,2,3)(H2,4,5,6). The molecular formula is C5H15O15P3. The fraction of sp³-hybridized carbons (Fsp3) is 0.800. The second-order valence-corrected chi connectivity index (χ2v) is 7.39. The summed E-state index contributed by atoms with van der Waals surface area (Å²) in [5, 5.41) is 26.6. The molecule has 0 saturated heterocycles. The Morgan fingerprint density at radius 1 is 0.826 bits per heavy atom. The van der Waals surface area contributed by atoms with Gasteiger partial charge in [-0.25, -0.2) is 13.7 Å². The highest BCUT2D eigenvalue weighted by Gasteiger charge is 2.28. The average Bonchev–Trinajstić information content (AvgIpc) is 2.29. The van der Waals surface area contributed by atoms with Crippen molar-refractivity contribution in [1.82, 2.24) is 0 Å². The van der Waals surface area contributed by atoms with Crippen LogP contribution in [0.2, 0.25) is 0 Å². The van der Waals surface area contributed by atoms with Crippen molar-refractivity contribution in [3.63, 3.8) is 0 Å². The third-order valence-corrected chi connectivity index (χ3v) is 3.70. The van der Waals surface area contributed by atoms with Crippen molar-refractivity contribution < 1.29 is 72.0 Å². The molecule has 0 bridgehead atoms. The lowest BCUT2D eigenvalue weighted by Crippen LogP contribution is -2.40. The monoisotopic (exact) mass is 408 g/mol. The van der Waals surface area contributed by atoms with Crippen molar-refractivity contribution in [3.05, 3.63) is 0 Å². The molecule has 0 spiro atoms. The van der Waals surface area contributed by atoms with E-state index < -0.39 is 48.4 Å². The Kier molecular flexibility index (Phi) is 11.0. The van der Waals surface area contributed by atoms with E-state index in [1.807, 2.05) is 0 Å². The molecular weight excluding hydrogens is 393 g/mol. The quantitative estimate of drug-likeness (QED) is 0.140. The van der Waals surface area contributed by atoms with Gasteiger partial charge in [0.1, 0.15) is 18.3 Å². The third kappa shape index (κ3) is 18.1. The summed E-state index contributed by atoms with van der Waals surface area (Å²) in [5.41, 5.74) is 0. The second-order valence-electron chi connectivity index (χ2n) is 3.53. The van der Waals surface area contributed by atoms with E-state index in [1.165, 1.54) is 0 Å². The minimum Gasteiger partial charge on any atom is -0.388 e. The molecule has 0 fully saturated rings. The molecule has 0 aromatic rings. The highest BCUT2D eigenvalue weighted by molar-refractivity contribution is 7.60. The van der Waals surface area contributed by atoms with Crippen LogP contribution in [0, 0.1) is 0 Å². The van der Waals surface area contributed by atoms with E-state index >= 15 is 0 Å². The van der Waals surface area contributed by atoms with Gasteiger partial charge in [-0.15, -0.1) is 0 Å². The Balaban J connectivity index is 0. The Bertz CT molecular complexity index is 465. The number of carbonyl (C=O) groups is 1. The van der Waals surface area contributed by atoms with Gasteiger partial charge in [0.15, 0.2) is 6.29 Å². The van der Waals surface area contributed by atoms with Crippen molar-refractivity contribution in [1.29, 1.82) is 0 Å². The van der Waals surface area contributed by atoms with Crippen LogP contribution in [0.15, 0.2) is 0 Å². The number of hydrogen-bond acceptors (Lipinski definition) is 9. The van der Waals surface area contributed by atoms with E-state index in [9.17, 15) is 18.5 Å². The number of carbonyl (C=O) groups excluding carboxylic acids is 1. The predicted molar refractivity (Wildman–Crippen MR) is 67.3 cm³/mol. The number of rotatable bonds is 8. The smallest absolute Gasteiger partial charge is 0.388 e. The molecule has 0 aromatic carbocycles. The molecule has 0 amide bonds. The van der Waals surface area contributed by atoms with E-state index in [-0.39, 0.29) is 6.29 Å². The van der Waals surface area contributed by atoms with E-state index in [1.54, 1.807) is 0 Å². The molecule has 0 aliphatic heterocycles. The molecule has 15 nitrogen and oxygen atoms in total. The largest absolute Gasteiger partial charge is 0.478 e. The Hall–Kier alpha value is -0.0800. The molecule has 0 aliphatic carbocycles. The summed E-state index contributed by atoms with van der Waals surface area (Å²) in [6.07, 6.45) is -5.46. The van der Waals surface area contributed by atoms with E-state index in [0.29, 0.717) is 0 Å². The Morgan fingerprint density at radius 2 is 1.22 bits per heavy atom. The first-order chi connectivity index (χ1) is 9.98. The van der Waals surface area contributed by atoms with Gasteiger partial charge in [0.2, 0.25) is 0 Å². The van der Waals surface area contributed by atoms with Crippen LogP contribution in [0.3, 0.4) is 0 Å². The summed E-state index contributed by atoms with van der Waals surface area (Å²) < 4.78 is 36.2. The van der Waals surface area contributed by atoms with Gasteiger partial charge in [-0.3, -0.25) is 4.52 Å². The summed E-state index contributed by atoms with van der Waals surface area (Å²) in [5.74, 6) is 0. The van der Waals surface area contributed by atoms with Crippen LogP contribution in [-0.4, -0.2) is 75.9 Å². The van der Waals surface area contributed by atoms with Gasteiger partial charge in [-0.05, 0) is 0 Å². The lowest BCUT2D eigenvalue weighted by molar-refractivity contribution is -0.127. The zero-order valence-corrected chi connectivity index (χ0v) is 13.5. The predicted octanol–water partition coefficient (Wildman–Crippen LogP) is -3.43. The van der Waals surface area contributed by atoms with Crippen molar-refractivity contribution in [2.75, 3.05) is 6.61 Å². The molecule has 3 unspecified atom stereocenters. The van der Waals surface area contributed by atoms with E-state index in [0.717, 1.165) is 0 Å². The van der Waals surface area contributed by atoms with Crippen LogP contribution in [0.4, 0.5) is 0 Å². The lowest BCUT2D eigenvalue weighted by atomic mass is 10.1. The zero-order chi connectivity index (χ0) is 19.1. The molecule has 0 heterocycles. The Labute approximate surface area is 127 Å². The van der Waals surface area contributed by atoms with Crippen LogP contribution in [0.25, 0.3) is 0 Å². The van der Waals surface area contributed by atoms with Crippen LogP contribution < -0.4 is 0 Å². The molecule has 3 atom stereocenters. The van der Waals surface area contributed by atoms with Crippen molar-refractivity contribution >= 4 is 29.8 Å². The summed E-state index contributed by atoms with van der Waals surface area (Å²) in [7, 11) is -14.8. The highest BCUT2D eigenvalue weighted by Crippen LogP contribution is 2.53. The fourth-order valence-corrected chi connectivity index (χ4v) is 2.17. The van der Waals surface area contributed by atoms with Gasteiger partial charge in [-0.2, -0.15) is 4.31 Å². The van der Waals surface area contributed by atoms with Gasteiger partial charge in [0.05, 0.1) is 6.61 Å². The summed E-state index contributed by atoms with van der Waals surface area (Å²) in [6.45, 7) is -0.893.